The van der Waals surface area contributed by atoms with E-state index in [0.29, 0.717) is 7.05 Å². The molecule has 19 heavy (non-hydrogen) atoms. The summed E-state index contributed by atoms with van der Waals surface area (Å²) in [6.07, 6.45) is -13.1. The van der Waals surface area contributed by atoms with E-state index in [1.165, 1.54) is 0 Å². The number of carbonyl (C=O) groups excluding carboxylic acids is 1. The highest BCUT2D eigenvalue weighted by molar-refractivity contribution is 5.84. The number of ether oxygens (including phenoxy) is 1. The lowest BCUT2D eigenvalue weighted by atomic mass is 10.1. The number of alkyl halides is 6. The molecule has 0 aromatic carbocycles. The lowest BCUT2D eigenvalue weighted by Crippen LogP contribution is -2.65. The van der Waals surface area contributed by atoms with Crippen LogP contribution in [0.3, 0.4) is 0 Å². The largest absolute Gasteiger partial charge is 0.481 e. The number of carboxylic acid groups (broad SMARTS) is 1. The third-order valence-electron chi connectivity index (χ3n) is 2.62. The van der Waals surface area contributed by atoms with Crippen molar-refractivity contribution in [2.45, 2.75) is 30.5 Å². The number of carboxylic acids is 1. The minimum atomic E-state index is -5.96. The summed E-state index contributed by atoms with van der Waals surface area (Å²) in [5.41, 5.74) is -4.82. The molecule has 1 fully saturated rings. The zero-order chi connectivity index (χ0) is 15.2. The second kappa shape index (κ2) is 4.25. The van der Waals surface area contributed by atoms with E-state index in [9.17, 15) is 35.9 Å². The normalized spacial score (nSPS) is 24.4. The molecule has 0 bridgehead atoms. The van der Waals surface area contributed by atoms with Crippen molar-refractivity contribution in [3.05, 3.63) is 0 Å². The molecular weight excluding hydrogens is 288 g/mol. The average molecular weight is 295 g/mol. The molecule has 110 valence electrons. The molecule has 1 heterocycles. The van der Waals surface area contributed by atoms with Crippen LogP contribution in [0.1, 0.15) is 6.42 Å². The van der Waals surface area contributed by atoms with E-state index in [1.54, 1.807) is 0 Å². The zero-order valence-corrected chi connectivity index (χ0v) is 9.17. The molecule has 0 saturated carbocycles. The Morgan fingerprint density at radius 2 is 1.74 bits per heavy atom. The maximum Gasteiger partial charge on any atom is 0.453 e. The molecule has 1 saturated heterocycles. The fourth-order valence-electron chi connectivity index (χ4n) is 1.73. The van der Waals surface area contributed by atoms with Gasteiger partial charge in [0, 0.05) is 0 Å². The monoisotopic (exact) mass is 295 g/mol. The topological polar surface area (TPSA) is 66.8 Å². The van der Waals surface area contributed by atoms with Gasteiger partial charge in [-0.1, -0.05) is 0 Å². The van der Waals surface area contributed by atoms with Gasteiger partial charge in [-0.3, -0.25) is 9.59 Å². The number of likely N-dealkylation sites (N-methyl/N-ethyl adjacent to an activating group) is 1. The summed E-state index contributed by atoms with van der Waals surface area (Å²) < 4.78 is 79.4. The van der Waals surface area contributed by atoms with Crippen molar-refractivity contribution in [2.75, 3.05) is 7.05 Å². The number of esters is 1. The number of halogens is 6. The van der Waals surface area contributed by atoms with Crippen LogP contribution in [0.5, 0.6) is 0 Å². The van der Waals surface area contributed by atoms with Crippen LogP contribution >= 0.6 is 0 Å². The van der Waals surface area contributed by atoms with Gasteiger partial charge in [0.25, 0.3) is 0 Å². The smallest absolute Gasteiger partial charge is 0.453 e. The van der Waals surface area contributed by atoms with Gasteiger partial charge in [0.1, 0.15) is 6.04 Å². The summed E-state index contributed by atoms with van der Waals surface area (Å²) >= 11 is 0. The van der Waals surface area contributed by atoms with Gasteiger partial charge in [0.05, 0.1) is 6.42 Å². The van der Waals surface area contributed by atoms with Gasteiger partial charge in [-0.05, 0) is 7.05 Å². The second-order valence-corrected chi connectivity index (χ2v) is 3.79. The summed E-state index contributed by atoms with van der Waals surface area (Å²) in [6, 6.07) is -2.17. The van der Waals surface area contributed by atoms with Crippen molar-refractivity contribution >= 4 is 11.9 Å². The molecule has 0 radical (unpaired) electrons. The Hall–Kier alpha value is -1.52. The van der Waals surface area contributed by atoms with Gasteiger partial charge in [-0.2, -0.15) is 26.3 Å². The number of aliphatic carboxylic acids is 1. The maximum atomic E-state index is 12.7. The van der Waals surface area contributed by atoms with Gasteiger partial charge in [0.15, 0.2) is 0 Å². The molecule has 5 nitrogen and oxygen atoms in total. The van der Waals surface area contributed by atoms with E-state index in [2.05, 4.69) is 4.74 Å². The molecule has 1 aliphatic rings. The molecule has 1 rings (SSSR count). The van der Waals surface area contributed by atoms with Gasteiger partial charge in [-0.25, -0.2) is 4.90 Å². The minimum Gasteiger partial charge on any atom is -0.481 e. The molecule has 0 amide bonds. The molecule has 0 aliphatic carbocycles. The Morgan fingerprint density at radius 1 is 1.32 bits per heavy atom. The summed E-state index contributed by atoms with van der Waals surface area (Å²) in [4.78, 5) is 21.0. The number of nitrogens with zero attached hydrogens (tertiary/aromatic N) is 1. The Balaban J connectivity index is 3.30. The summed E-state index contributed by atoms with van der Waals surface area (Å²) in [5, 5.41) is 8.39. The van der Waals surface area contributed by atoms with E-state index in [4.69, 9.17) is 5.11 Å². The van der Waals surface area contributed by atoms with Crippen molar-refractivity contribution in [3.63, 3.8) is 0 Å². The van der Waals surface area contributed by atoms with Crippen molar-refractivity contribution in [1.29, 1.82) is 0 Å². The van der Waals surface area contributed by atoms with Crippen LogP contribution in [0.25, 0.3) is 0 Å². The third-order valence-corrected chi connectivity index (χ3v) is 2.62. The first-order chi connectivity index (χ1) is 8.34. The zero-order valence-electron chi connectivity index (χ0n) is 9.17. The average Bonchev–Trinajstić information content (AvgIpc) is 2.40. The minimum absolute atomic E-state index is 0.333. The van der Waals surface area contributed by atoms with Crippen molar-refractivity contribution in [2.24, 2.45) is 0 Å². The highest BCUT2D eigenvalue weighted by atomic mass is 19.4. The number of hydrogen-bond donors (Lipinski definition) is 1. The second-order valence-electron chi connectivity index (χ2n) is 3.79. The first-order valence-corrected chi connectivity index (χ1v) is 4.65. The fraction of sp³-hybridized carbons (Fsp3) is 0.750. The third kappa shape index (κ3) is 2.22. The predicted molar refractivity (Wildman–Crippen MR) is 44.7 cm³/mol. The molecule has 11 heteroatoms. The highest BCUT2D eigenvalue weighted by Crippen LogP contribution is 2.51. The first-order valence-electron chi connectivity index (χ1n) is 4.65. The Bertz CT molecular complexity index is 389. The standard InChI is InChI=1S/C8H7F6NO4/c1-15-3(2-4(16)17)5(18)19-6(15,7(9,10)11)8(12,13)14/h3H,2H2,1H3,(H,16,17)/t3-/m0/s1. The molecular formula is C8H7F6NO4. The predicted octanol–water partition coefficient (Wildman–Crippen LogP) is 1.14. The summed E-state index contributed by atoms with van der Waals surface area (Å²) in [6.45, 7) is 0. The lowest BCUT2D eigenvalue weighted by molar-refractivity contribution is -0.398. The van der Waals surface area contributed by atoms with Gasteiger partial charge >= 0.3 is 30.0 Å². The lowest BCUT2D eigenvalue weighted by Gasteiger charge is -2.37. The van der Waals surface area contributed by atoms with Crippen LogP contribution in [0.2, 0.25) is 0 Å². The summed E-state index contributed by atoms with van der Waals surface area (Å²) in [7, 11) is 0.333. The van der Waals surface area contributed by atoms with Crippen molar-refractivity contribution in [3.8, 4) is 0 Å². The highest BCUT2D eigenvalue weighted by Gasteiger charge is 2.81. The van der Waals surface area contributed by atoms with E-state index in [-0.39, 0.29) is 0 Å². The van der Waals surface area contributed by atoms with Gasteiger partial charge < -0.3 is 9.84 Å². The SMILES string of the molecule is CN1[C@@H](CC(=O)O)C(=O)OC1(C(F)(F)F)C(F)(F)F. The van der Waals surface area contributed by atoms with Crippen LogP contribution in [0.15, 0.2) is 0 Å². The Labute approximate surface area is 101 Å². The van der Waals surface area contributed by atoms with Crippen LogP contribution in [-0.2, 0) is 14.3 Å². The van der Waals surface area contributed by atoms with Crippen LogP contribution in [-0.4, -0.2) is 53.1 Å². The van der Waals surface area contributed by atoms with Crippen molar-refractivity contribution < 1.29 is 45.8 Å². The number of rotatable bonds is 2. The molecule has 1 N–H and O–H groups in total. The molecule has 0 aromatic rings. The Kier molecular flexibility index (Phi) is 3.48. The molecule has 1 atom stereocenters. The number of hydrogen-bond acceptors (Lipinski definition) is 4. The molecule has 0 spiro atoms. The van der Waals surface area contributed by atoms with Crippen LogP contribution in [0.4, 0.5) is 26.3 Å². The van der Waals surface area contributed by atoms with E-state index in [1.807, 2.05) is 0 Å². The number of carbonyl (C=O) groups is 2. The van der Waals surface area contributed by atoms with Crippen molar-refractivity contribution in [1.82, 2.24) is 4.90 Å². The fourth-order valence-corrected chi connectivity index (χ4v) is 1.73. The molecule has 0 unspecified atom stereocenters. The molecule has 0 aromatic heterocycles. The van der Waals surface area contributed by atoms with E-state index in [0.717, 1.165) is 0 Å². The molecule has 1 aliphatic heterocycles. The van der Waals surface area contributed by atoms with Gasteiger partial charge in [0.2, 0.25) is 0 Å². The first kappa shape index (κ1) is 15.5. The summed E-state index contributed by atoms with van der Waals surface area (Å²) in [5.74, 6) is -3.62. The number of cyclic esters (lactones) is 1. The quantitative estimate of drug-likeness (QED) is 0.611. The van der Waals surface area contributed by atoms with E-state index >= 15 is 0 Å². The van der Waals surface area contributed by atoms with Gasteiger partial charge in [-0.15, -0.1) is 0 Å². The van der Waals surface area contributed by atoms with E-state index < -0.39 is 47.4 Å². The Morgan fingerprint density at radius 3 is 2.00 bits per heavy atom. The maximum absolute atomic E-state index is 12.7. The van der Waals surface area contributed by atoms with Crippen LogP contribution in [0, 0.1) is 0 Å². The van der Waals surface area contributed by atoms with Crippen LogP contribution < -0.4 is 0 Å².